The lowest BCUT2D eigenvalue weighted by atomic mass is 9.97. The molecule has 2 amide bonds. The van der Waals surface area contributed by atoms with Gasteiger partial charge in [-0.25, -0.2) is 4.79 Å². The molecule has 5 atom stereocenters. The number of rotatable bonds is 2. The largest absolute Gasteiger partial charge is 0.394 e. The number of aliphatic hydroxyl groups is 4. The van der Waals surface area contributed by atoms with Crippen LogP contribution in [0.1, 0.15) is 0 Å². The summed E-state index contributed by atoms with van der Waals surface area (Å²) < 4.78 is 4.83. The van der Waals surface area contributed by atoms with Crippen LogP contribution in [-0.4, -0.2) is 70.8 Å². The molecule has 1 fully saturated rings. The highest BCUT2D eigenvalue weighted by Gasteiger charge is 2.44. The zero-order chi connectivity index (χ0) is 12.3. The highest BCUT2D eigenvalue weighted by molar-refractivity contribution is 5.73. The predicted octanol–water partition coefficient (Wildman–Crippen LogP) is -3.28. The Morgan fingerprint density at radius 2 is 1.94 bits per heavy atom. The molecule has 0 aromatic heterocycles. The number of hydrogen-bond donors (Lipinski definition) is 6. The van der Waals surface area contributed by atoms with Gasteiger partial charge in [-0.3, -0.25) is 0 Å². The first kappa shape index (κ1) is 13.1. The molecular formula is C8H16N2O6. The van der Waals surface area contributed by atoms with Gasteiger partial charge in [0.25, 0.3) is 0 Å². The fourth-order valence-electron chi connectivity index (χ4n) is 1.48. The van der Waals surface area contributed by atoms with Crippen molar-refractivity contribution in [2.45, 2.75) is 30.6 Å². The standard InChI is InChI=1S/C8H16N2O6/c1-9-8(15)10-4-6(13)5(12)3(2-11)16-7(4)14/h3-7,11-14H,2H2,1H3,(H2,9,10,15)/t3-,4-,5-,6-,7+/m1/s1. The first-order chi connectivity index (χ1) is 7.51. The molecule has 0 aromatic carbocycles. The second kappa shape index (κ2) is 5.41. The van der Waals surface area contributed by atoms with Crippen LogP contribution >= 0.6 is 0 Å². The fourth-order valence-corrected chi connectivity index (χ4v) is 1.48. The highest BCUT2D eigenvalue weighted by atomic mass is 16.6. The van der Waals surface area contributed by atoms with Gasteiger partial charge in [0.15, 0.2) is 6.29 Å². The number of carbonyl (C=O) groups excluding carboxylic acids is 1. The third kappa shape index (κ3) is 2.60. The third-order valence-electron chi connectivity index (χ3n) is 2.42. The van der Waals surface area contributed by atoms with Crippen LogP contribution in [0.4, 0.5) is 4.79 Å². The summed E-state index contributed by atoms with van der Waals surface area (Å²) in [5.41, 5.74) is 0. The number of carbonyl (C=O) groups is 1. The van der Waals surface area contributed by atoms with Gasteiger partial charge in [0.1, 0.15) is 24.4 Å². The summed E-state index contributed by atoms with van der Waals surface area (Å²) in [6.45, 7) is -0.540. The molecule has 16 heavy (non-hydrogen) atoms. The van der Waals surface area contributed by atoms with Crippen molar-refractivity contribution in [2.24, 2.45) is 0 Å². The van der Waals surface area contributed by atoms with Crippen LogP contribution in [0.15, 0.2) is 0 Å². The average molecular weight is 236 g/mol. The minimum atomic E-state index is -1.49. The Kier molecular flexibility index (Phi) is 4.44. The molecule has 0 bridgehead atoms. The maximum Gasteiger partial charge on any atom is 0.315 e. The van der Waals surface area contributed by atoms with Gasteiger partial charge in [-0.2, -0.15) is 0 Å². The number of hydrogen-bond acceptors (Lipinski definition) is 6. The highest BCUT2D eigenvalue weighted by Crippen LogP contribution is 2.19. The Balaban J connectivity index is 2.67. The normalized spacial score (nSPS) is 39.2. The molecule has 8 heteroatoms. The molecule has 0 spiro atoms. The second-order valence-electron chi connectivity index (χ2n) is 3.48. The van der Waals surface area contributed by atoms with Crippen LogP contribution in [-0.2, 0) is 4.74 Å². The van der Waals surface area contributed by atoms with E-state index in [9.17, 15) is 20.1 Å². The molecule has 1 saturated heterocycles. The third-order valence-corrected chi connectivity index (χ3v) is 2.42. The Morgan fingerprint density at radius 1 is 1.31 bits per heavy atom. The number of urea groups is 1. The molecule has 0 radical (unpaired) electrons. The summed E-state index contributed by atoms with van der Waals surface area (Å²) in [6, 6.07) is -1.78. The SMILES string of the molecule is CNC(=O)N[C@@H]1[C@@H](O)[C@H](O)[C@@H](CO)O[C@@H]1O. The van der Waals surface area contributed by atoms with E-state index in [4.69, 9.17) is 9.84 Å². The van der Waals surface area contributed by atoms with Crippen molar-refractivity contribution in [1.82, 2.24) is 10.6 Å². The van der Waals surface area contributed by atoms with E-state index in [2.05, 4.69) is 10.6 Å². The molecule has 94 valence electrons. The molecule has 0 aliphatic carbocycles. The summed E-state index contributed by atoms with van der Waals surface area (Å²) in [4.78, 5) is 11.0. The second-order valence-corrected chi connectivity index (χ2v) is 3.48. The lowest BCUT2D eigenvalue weighted by Crippen LogP contribution is -2.64. The van der Waals surface area contributed by atoms with E-state index >= 15 is 0 Å². The van der Waals surface area contributed by atoms with Crippen molar-refractivity contribution in [3.8, 4) is 0 Å². The Labute approximate surface area is 91.8 Å². The monoisotopic (exact) mass is 236 g/mol. The van der Waals surface area contributed by atoms with Crippen LogP contribution in [0.5, 0.6) is 0 Å². The number of aliphatic hydroxyl groups excluding tert-OH is 4. The first-order valence-electron chi connectivity index (χ1n) is 4.80. The quantitative estimate of drug-likeness (QED) is 0.298. The lowest BCUT2D eigenvalue weighted by Gasteiger charge is -2.40. The summed E-state index contributed by atoms with van der Waals surface area (Å²) in [7, 11) is 1.37. The van der Waals surface area contributed by atoms with Crippen LogP contribution in [0.3, 0.4) is 0 Å². The van der Waals surface area contributed by atoms with E-state index in [1.807, 2.05) is 0 Å². The lowest BCUT2D eigenvalue weighted by molar-refractivity contribution is -0.252. The summed E-state index contributed by atoms with van der Waals surface area (Å²) in [6.07, 6.45) is -5.37. The van der Waals surface area contributed by atoms with E-state index in [0.717, 1.165) is 0 Å². The van der Waals surface area contributed by atoms with Crippen LogP contribution < -0.4 is 10.6 Å². The van der Waals surface area contributed by atoms with E-state index in [0.29, 0.717) is 0 Å². The Hall–Kier alpha value is -0.930. The summed E-state index contributed by atoms with van der Waals surface area (Å²) >= 11 is 0. The summed E-state index contributed by atoms with van der Waals surface area (Å²) in [5.74, 6) is 0. The minimum absolute atomic E-state index is 0.540. The zero-order valence-electron chi connectivity index (χ0n) is 8.70. The number of amides is 2. The van der Waals surface area contributed by atoms with Crippen molar-refractivity contribution in [3.05, 3.63) is 0 Å². The molecule has 0 saturated carbocycles. The molecule has 0 aromatic rings. The van der Waals surface area contributed by atoms with Gasteiger partial charge in [0, 0.05) is 7.05 Å². The Bertz CT molecular complexity index is 251. The molecule has 1 heterocycles. The van der Waals surface area contributed by atoms with Gasteiger partial charge in [0.2, 0.25) is 0 Å². The van der Waals surface area contributed by atoms with Crippen molar-refractivity contribution in [1.29, 1.82) is 0 Å². The average Bonchev–Trinajstić information content (AvgIpc) is 2.28. The smallest absolute Gasteiger partial charge is 0.315 e. The maximum absolute atomic E-state index is 11.0. The van der Waals surface area contributed by atoms with Gasteiger partial charge < -0.3 is 35.8 Å². The van der Waals surface area contributed by atoms with Gasteiger partial charge in [-0.15, -0.1) is 0 Å². The molecule has 1 aliphatic heterocycles. The minimum Gasteiger partial charge on any atom is -0.394 e. The van der Waals surface area contributed by atoms with Crippen molar-refractivity contribution in [2.75, 3.05) is 13.7 Å². The van der Waals surface area contributed by atoms with Crippen LogP contribution in [0.25, 0.3) is 0 Å². The molecule has 1 aliphatic rings. The van der Waals surface area contributed by atoms with E-state index in [-0.39, 0.29) is 0 Å². The van der Waals surface area contributed by atoms with Gasteiger partial charge in [-0.05, 0) is 0 Å². The molecule has 0 unspecified atom stereocenters. The fraction of sp³-hybridized carbons (Fsp3) is 0.875. The van der Waals surface area contributed by atoms with E-state index < -0.39 is 43.3 Å². The van der Waals surface area contributed by atoms with E-state index in [1.165, 1.54) is 7.05 Å². The molecule has 8 nitrogen and oxygen atoms in total. The Morgan fingerprint density at radius 3 is 2.44 bits per heavy atom. The van der Waals surface area contributed by atoms with Crippen molar-refractivity contribution >= 4 is 6.03 Å². The van der Waals surface area contributed by atoms with Gasteiger partial charge in [0.05, 0.1) is 6.61 Å². The van der Waals surface area contributed by atoms with Crippen LogP contribution in [0.2, 0.25) is 0 Å². The molecular weight excluding hydrogens is 220 g/mol. The topological polar surface area (TPSA) is 131 Å². The number of ether oxygens (including phenoxy) is 1. The first-order valence-corrected chi connectivity index (χ1v) is 4.80. The predicted molar refractivity (Wildman–Crippen MR) is 51.4 cm³/mol. The zero-order valence-corrected chi connectivity index (χ0v) is 8.70. The summed E-state index contributed by atoms with van der Waals surface area (Å²) in [5, 5.41) is 41.8. The van der Waals surface area contributed by atoms with E-state index in [1.54, 1.807) is 0 Å². The maximum atomic E-state index is 11.0. The molecule has 6 N–H and O–H groups in total. The van der Waals surface area contributed by atoms with Crippen molar-refractivity contribution < 1.29 is 30.0 Å². The van der Waals surface area contributed by atoms with Crippen LogP contribution in [0, 0.1) is 0 Å². The molecule has 1 rings (SSSR count). The number of nitrogens with one attached hydrogen (secondary N) is 2. The van der Waals surface area contributed by atoms with Gasteiger partial charge >= 0.3 is 6.03 Å². The van der Waals surface area contributed by atoms with Crippen molar-refractivity contribution in [3.63, 3.8) is 0 Å². The van der Waals surface area contributed by atoms with Gasteiger partial charge in [-0.1, -0.05) is 0 Å².